The molecule has 0 amide bonds. The fourth-order valence-corrected chi connectivity index (χ4v) is 3.76. The van der Waals surface area contributed by atoms with Crippen molar-refractivity contribution in [2.45, 2.75) is 24.7 Å². The van der Waals surface area contributed by atoms with E-state index in [4.69, 9.17) is 5.73 Å². The maximum atomic E-state index is 13.8. The van der Waals surface area contributed by atoms with Crippen molar-refractivity contribution in [1.29, 1.82) is 0 Å². The molecule has 0 aromatic heterocycles. The summed E-state index contributed by atoms with van der Waals surface area (Å²) in [5.41, 5.74) is 12.8. The highest BCUT2D eigenvalue weighted by Gasteiger charge is 2.25. The predicted octanol–water partition coefficient (Wildman–Crippen LogP) is 5.61. The van der Waals surface area contributed by atoms with Gasteiger partial charge in [0.1, 0.15) is 5.82 Å². The fourth-order valence-electron chi connectivity index (χ4n) is 3.35. The lowest BCUT2D eigenvalue weighted by Crippen LogP contribution is -2.00. The van der Waals surface area contributed by atoms with E-state index >= 15 is 0 Å². The Morgan fingerprint density at radius 3 is 2.42 bits per heavy atom. The first kappa shape index (κ1) is 17.0. The van der Waals surface area contributed by atoms with Crippen LogP contribution in [0, 0.1) is 5.82 Å². The Hall–Kier alpha value is -1.84. The maximum Gasteiger partial charge on any atom is 0.123 e. The second-order valence-corrected chi connectivity index (χ2v) is 6.75. The molecule has 1 nitrogen and oxygen atoms in total. The van der Waals surface area contributed by atoms with Crippen LogP contribution >= 0.6 is 11.8 Å². The highest BCUT2D eigenvalue weighted by atomic mass is 32.2. The largest absolute Gasteiger partial charge is 0.330 e. The molecule has 2 aromatic carbocycles. The van der Waals surface area contributed by atoms with Crippen molar-refractivity contribution in [3.63, 3.8) is 0 Å². The first-order valence-corrected chi connectivity index (χ1v) is 9.49. The molecule has 0 radical (unpaired) electrons. The molecule has 1 aliphatic rings. The Bertz CT molecular complexity index is 803. The van der Waals surface area contributed by atoms with Crippen LogP contribution in [0.2, 0.25) is 0 Å². The van der Waals surface area contributed by atoms with Crippen LogP contribution in [-0.4, -0.2) is 12.8 Å². The molecule has 3 heteroatoms. The lowest BCUT2D eigenvalue weighted by Gasteiger charge is -2.07. The quantitative estimate of drug-likeness (QED) is 0.716. The van der Waals surface area contributed by atoms with E-state index in [1.807, 2.05) is 6.07 Å². The smallest absolute Gasteiger partial charge is 0.123 e. The summed E-state index contributed by atoms with van der Waals surface area (Å²) in [5.74, 6) is -0.190. The summed E-state index contributed by atoms with van der Waals surface area (Å²) in [4.78, 5) is 1.25. The molecule has 0 saturated carbocycles. The molecule has 0 heterocycles. The second-order valence-electron chi connectivity index (χ2n) is 5.87. The van der Waals surface area contributed by atoms with Gasteiger partial charge in [-0.05, 0) is 89.4 Å². The molecule has 0 bridgehead atoms. The van der Waals surface area contributed by atoms with Crippen molar-refractivity contribution in [2.75, 3.05) is 12.8 Å². The topological polar surface area (TPSA) is 26.0 Å². The van der Waals surface area contributed by atoms with E-state index in [1.165, 1.54) is 21.6 Å². The molecule has 2 N–H and O–H groups in total. The van der Waals surface area contributed by atoms with Gasteiger partial charge in [-0.2, -0.15) is 0 Å². The van der Waals surface area contributed by atoms with E-state index in [0.29, 0.717) is 6.54 Å². The van der Waals surface area contributed by atoms with Gasteiger partial charge in [0.15, 0.2) is 0 Å². The van der Waals surface area contributed by atoms with Crippen molar-refractivity contribution in [3.8, 4) is 0 Å². The van der Waals surface area contributed by atoms with Crippen molar-refractivity contribution in [3.05, 3.63) is 70.5 Å². The van der Waals surface area contributed by atoms with Crippen LogP contribution in [0.3, 0.4) is 0 Å². The van der Waals surface area contributed by atoms with Gasteiger partial charge >= 0.3 is 0 Å². The summed E-state index contributed by atoms with van der Waals surface area (Å²) in [6, 6.07) is 13.6. The van der Waals surface area contributed by atoms with Gasteiger partial charge < -0.3 is 5.73 Å². The van der Waals surface area contributed by atoms with Crippen LogP contribution in [0.1, 0.15) is 36.5 Å². The summed E-state index contributed by atoms with van der Waals surface area (Å²) < 4.78 is 13.8. The Morgan fingerprint density at radius 1 is 1.04 bits per heavy atom. The summed E-state index contributed by atoms with van der Waals surface area (Å²) in [7, 11) is 0. The zero-order valence-electron chi connectivity index (χ0n) is 14.1. The molecule has 0 aliphatic heterocycles. The Labute approximate surface area is 147 Å². The van der Waals surface area contributed by atoms with Crippen LogP contribution in [-0.2, 0) is 0 Å². The van der Waals surface area contributed by atoms with Crippen LogP contribution < -0.4 is 5.73 Å². The highest BCUT2D eigenvalue weighted by molar-refractivity contribution is 7.98. The zero-order chi connectivity index (χ0) is 17.1. The van der Waals surface area contributed by atoms with Gasteiger partial charge in [-0.25, -0.2) is 4.39 Å². The first-order chi connectivity index (χ1) is 11.7. The molecule has 0 unspecified atom stereocenters. The van der Waals surface area contributed by atoms with Crippen LogP contribution in [0.4, 0.5) is 4.39 Å². The number of thioether (sulfide) groups is 1. The summed E-state index contributed by atoms with van der Waals surface area (Å²) >= 11 is 1.74. The summed E-state index contributed by atoms with van der Waals surface area (Å²) in [5, 5.41) is 0. The number of benzene rings is 2. The number of rotatable bonds is 5. The SMILES string of the molecule is CCC1=C(CCN)c2cc(F)ccc2/C1=C/c1ccc(SC)cc1. The molecular weight excluding hydrogens is 317 g/mol. The summed E-state index contributed by atoms with van der Waals surface area (Å²) in [6.45, 7) is 2.73. The van der Waals surface area contributed by atoms with Gasteiger partial charge in [-0.1, -0.05) is 25.1 Å². The van der Waals surface area contributed by atoms with Crippen LogP contribution in [0.15, 0.2) is 52.9 Å². The van der Waals surface area contributed by atoms with E-state index in [9.17, 15) is 4.39 Å². The number of fused-ring (bicyclic) bond motifs is 1. The molecule has 0 atom stereocenters. The van der Waals surface area contributed by atoms with Crippen molar-refractivity contribution < 1.29 is 4.39 Å². The second kappa shape index (κ2) is 7.37. The number of hydrogen-bond donors (Lipinski definition) is 1. The maximum absolute atomic E-state index is 13.8. The monoisotopic (exact) mass is 339 g/mol. The minimum atomic E-state index is -0.190. The molecule has 0 fully saturated rings. The first-order valence-electron chi connectivity index (χ1n) is 8.26. The van der Waals surface area contributed by atoms with Gasteiger partial charge in [0.2, 0.25) is 0 Å². The Balaban J connectivity index is 2.13. The lowest BCUT2D eigenvalue weighted by molar-refractivity contribution is 0.627. The lowest BCUT2D eigenvalue weighted by atomic mass is 9.98. The number of nitrogens with two attached hydrogens (primary N) is 1. The van der Waals surface area contributed by atoms with Gasteiger partial charge in [0.25, 0.3) is 0 Å². The van der Waals surface area contributed by atoms with E-state index in [1.54, 1.807) is 23.9 Å². The Morgan fingerprint density at radius 2 is 1.79 bits per heavy atom. The third-order valence-electron chi connectivity index (χ3n) is 4.46. The molecule has 2 aromatic rings. The zero-order valence-corrected chi connectivity index (χ0v) is 14.9. The highest BCUT2D eigenvalue weighted by Crippen LogP contribution is 2.45. The molecule has 0 spiro atoms. The number of allylic oxidation sites excluding steroid dienone is 2. The van der Waals surface area contributed by atoms with Gasteiger partial charge in [0, 0.05) is 4.90 Å². The minimum Gasteiger partial charge on any atom is -0.330 e. The van der Waals surface area contributed by atoms with Crippen LogP contribution in [0.25, 0.3) is 17.2 Å². The fraction of sp³-hybridized carbons (Fsp3) is 0.238. The summed E-state index contributed by atoms with van der Waals surface area (Å²) in [6.07, 6.45) is 5.98. The normalized spacial score (nSPS) is 15.2. The molecular formula is C21H22FNS. The van der Waals surface area contributed by atoms with Gasteiger partial charge in [-0.15, -0.1) is 11.8 Å². The average molecular weight is 339 g/mol. The van der Waals surface area contributed by atoms with Crippen LogP contribution in [0.5, 0.6) is 0 Å². The number of halogens is 1. The molecule has 0 saturated heterocycles. The van der Waals surface area contributed by atoms with E-state index in [0.717, 1.165) is 29.5 Å². The van der Waals surface area contributed by atoms with E-state index in [-0.39, 0.29) is 5.82 Å². The molecule has 24 heavy (non-hydrogen) atoms. The number of hydrogen-bond acceptors (Lipinski definition) is 2. The van der Waals surface area contributed by atoms with E-state index in [2.05, 4.69) is 43.5 Å². The van der Waals surface area contributed by atoms with E-state index < -0.39 is 0 Å². The standard InChI is InChI=1S/C21H22FNS/c1-3-17-19(10-11-23)21-13-15(22)6-9-18(21)20(17)12-14-4-7-16(24-2)8-5-14/h4-9,12-13H,3,10-11,23H2,1-2H3/b20-12+. The Kier molecular flexibility index (Phi) is 5.22. The molecule has 124 valence electrons. The third kappa shape index (κ3) is 3.19. The minimum absolute atomic E-state index is 0.190. The third-order valence-corrected chi connectivity index (χ3v) is 5.20. The van der Waals surface area contributed by atoms with Crippen molar-refractivity contribution >= 4 is 29.0 Å². The predicted molar refractivity (Wildman–Crippen MR) is 103 cm³/mol. The average Bonchev–Trinajstić information content (AvgIpc) is 2.88. The van der Waals surface area contributed by atoms with Gasteiger partial charge in [0.05, 0.1) is 0 Å². The molecule has 1 aliphatic carbocycles. The van der Waals surface area contributed by atoms with Crippen molar-refractivity contribution in [2.24, 2.45) is 5.73 Å². The molecule has 3 rings (SSSR count). The van der Waals surface area contributed by atoms with Crippen molar-refractivity contribution in [1.82, 2.24) is 0 Å². The van der Waals surface area contributed by atoms with Gasteiger partial charge in [-0.3, -0.25) is 0 Å².